The highest BCUT2D eigenvalue weighted by Gasteiger charge is 2.41. The average molecular weight is 445 g/mol. The minimum Gasteiger partial charge on any atom is -0.494 e. The van der Waals surface area contributed by atoms with Gasteiger partial charge in [0.15, 0.2) is 0 Å². The normalized spacial score (nSPS) is 13.6. The van der Waals surface area contributed by atoms with Crippen LogP contribution < -0.4 is 15.0 Å². The number of hydrogen-bond acceptors (Lipinski definition) is 4. The lowest BCUT2D eigenvalue weighted by molar-refractivity contribution is -0.120. The van der Waals surface area contributed by atoms with Crippen molar-refractivity contribution in [3.63, 3.8) is 0 Å². The van der Waals surface area contributed by atoms with Gasteiger partial charge in [-0.1, -0.05) is 43.3 Å². The van der Waals surface area contributed by atoms with Crippen molar-refractivity contribution in [2.24, 2.45) is 0 Å². The maximum atomic E-state index is 14.6. The summed E-state index contributed by atoms with van der Waals surface area (Å²) in [5, 5.41) is 3.16. The van der Waals surface area contributed by atoms with Gasteiger partial charge in [-0.25, -0.2) is 9.29 Å². The van der Waals surface area contributed by atoms with Crippen LogP contribution in [0.4, 0.5) is 15.8 Å². The maximum Gasteiger partial charge on any atom is 0.282 e. The van der Waals surface area contributed by atoms with Crippen molar-refractivity contribution in [2.45, 2.75) is 27.2 Å². The highest BCUT2D eigenvalue weighted by Crippen LogP contribution is 2.35. The Labute approximate surface area is 192 Å². The standard InChI is InChI=1S/C27H25FN2O3/c1-4-15-33-20-13-11-19(12-14-20)24-25(29-22-16-17(2)9-10-18(22)3)27(32)30(26(24)31)23-8-6-5-7-21(23)28/h5-14,16,29H,4,15H2,1-3H3. The van der Waals surface area contributed by atoms with Gasteiger partial charge in [0.05, 0.1) is 17.9 Å². The molecular weight excluding hydrogens is 419 g/mol. The number of amides is 2. The number of hydrogen-bond donors (Lipinski definition) is 1. The van der Waals surface area contributed by atoms with Crippen LogP contribution in [0.3, 0.4) is 0 Å². The number of halogens is 1. The van der Waals surface area contributed by atoms with Crippen molar-refractivity contribution in [3.05, 3.63) is 94.9 Å². The average Bonchev–Trinajstić information content (AvgIpc) is 3.05. The molecule has 0 saturated heterocycles. The van der Waals surface area contributed by atoms with Gasteiger partial charge >= 0.3 is 0 Å². The predicted octanol–water partition coefficient (Wildman–Crippen LogP) is 5.63. The molecular formula is C27H25FN2O3. The Bertz CT molecular complexity index is 1250. The van der Waals surface area contributed by atoms with Gasteiger partial charge in [-0.3, -0.25) is 9.59 Å². The second kappa shape index (κ2) is 9.28. The topological polar surface area (TPSA) is 58.6 Å². The molecule has 6 heteroatoms. The van der Waals surface area contributed by atoms with E-state index < -0.39 is 17.6 Å². The van der Waals surface area contributed by atoms with Crippen molar-refractivity contribution in [3.8, 4) is 5.75 Å². The fourth-order valence-corrected chi connectivity index (χ4v) is 3.71. The number of para-hydroxylation sites is 1. The van der Waals surface area contributed by atoms with Crippen LogP contribution in [0.25, 0.3) is 5.57 Å². The summed E-state index contributed by atoms with van der Waals surface area (Å²) in [6.45, 7) is 6.46. The lowest BCUT2D eigenvalue weighted by atomic mass is 10.0. The van der Waals surface area contributed by atoms with Crippen LogP contribution in [0.2, 0.25) is 0 Å². The maximum absolute atomic E-state index is 14.6. The summed E-state index contributed by atoms with van der Waals surface area (Å²) in [7, 11) is 0. The minimum atomic E-state index is -0.644. The van der Waals surface area contributed by atoms with E-state index in [4.69, 9.17) is 4.74 Å². The first-order valence-corrected chi connectivity index (χ1v) is 10.9. The third-order valence-corrected chi connectivity index (χ3v) is 5.45. The molecule has 0 aromatic heterocycles. The van der Waals surface area contributed by atoms with E-state index in [0.29, 0.717) is 23.6 Å². The molecule has 1 aliphatic heterocycles. The summed E-state index contributed by atoms with van der Waals surface area (Å²) in [5.74, 6) is -1.16. The monoisotopic (exact) mass is 444 g/mol. The summed E-state index contributed by atoms with van der Waals surface area (Å²) in [6.07, 6.45) is 0.876. The van der Waals surface area contributed by atoms with Gasteiger partial charge in [0.1, 0.15) is 17.3 Å². The highest BCUT2D eigenvalue weighted by atomic mass is 19.1. The van der Waals surface area contributed by atoms with Gasteiger partial charge in [-0.05, 0) is 67.3 Å². The van der Waals surface area contributed by atoms with Gasteiger partial charge in [-0.2, -0.15) is 0 Å². The number of rotatable bonds is 7. The second-order valence-electron chi connectivity index (χ2n) is 7.96. The smallest absolute Gasteiger partial charge is 0.282 e. The molecule has 0 saturated carbocycles. The first kappa shape index (κ1) is 22.3. The second-order valence-corrected chi connectivity index (χ2v) is 7.96. The van der Waals surface area contributed by atoms with E-state index in [1.54, 1.807) is 30.3 Å². The number of ether oxygens (including phenoxy) is 1. The molecule has 0 spiro atoms. The zero-order valence-electron chi connectivity index (χ0n) is 18.8. The number of nitrogens with one attached hydrogen (secondary N) is 1. The quantitative estimate of drug-likeness (QED) is 0.480. The first-order valence-electron chi connectivity index (χ1n) is 10.9. The molecule has 0 aliphatic carbocycles. The van der Waals surface area contributed by atoms with Gasteiger partial charge in [-0.15, -0.1) is 0 Å². The molecule has 4 rings (SSSR count). The zero-order chi connectivity index (χ0) is 23.5. The molecule has 0 atom stereocenters. The molecule has 3 aromatic carbocycles. The van der Waals surface area contributed by atoms with Crippen LogP contribution >= 0.6 is 0 Å². The Morgan fingerprint density at radius 1 is 0.939 bits per heavy atom. The SMILES string of the molecule is CCCOc1ccc(C2=C(Nc3cc(C)ccc3C)C(=O)N(c3ccccc3F)C2=O)cc1. The number of imide groups is 1. The Morgan fingerprint density at radius 2 is 1.67 bits per heavy atom. The fraction of sp³-hybridized carbons (Fsp3) is 0.185. The molecule has 0 bridgehead atoms. The van der Waals surface area contributed by atoms with Crippen LogP contribution in [0.5, 0.6) is 5.75 Å². The molecule has 0 fully saturated rings. The Hall–Kier alpha value is -3.93. The summed E-state index contributed by atoms with van der Waals surface area (Å²) >= 11 is 0. The van der Waals surface area contributed by atoms with Crippen LogP contribution in [0.15, 0.2) is 72.4 Å². The number of carbonyl (C=O) groups is 2. The molecule has 0 unspecified atom stereocenters. The number of benzene rings is 3. The number of carbonyl (C=O) groups excluding carboxylic acids is 2. The van der Waals surface area contributed by atoms with E-state index in [-0.39, 0.29) is 17.0 Å². The Balaban J connectivity index is 1.81. The molecule has 3 aromatic rings. The van der Waals surface area contributed by atoms with E-state index in [0.717, 1.165) is 22.4 Å². The third-order valence-electron chi connectivity index (χ3n) is 5.45. The lowest BCUT2D eigenvalue weighted by Gasteiger charge is -2.16. The summed E-state index contributed by atoms with van der Waals surface area (Å²) in [6, 6.07) is 18.6. The largest absolute Gasteiger partial charge is 0.494 e. The lowest BCUT2D eigenvalue weighted by Crippen LogP contribution is -2.33. The molecule has 1 aliphatic rings. The van der Waals surface area contributed by atoms with Gasteiger partial charge < -0.3 is 10.1 Å². The Kier molecular flexibility index (Phi) is 6.27. The van der Waals surface area contributed by atoms with Crippen molar-refractivity contribution < 1.29 is 18.7 Å². The van der Waals surface area contributed by atoms with Gasteiger partial charge in [0, 0.05) is 5.69 Å². The molecule has 5 nitrogen and oxygen atoms in total. The molecule has 33 heavy (non-hydrogen) atoms. The number of nitrogens with zero attached hydrogens (tertiary/aromatic N) is 1. The van der Waals surface area contributed by atoms with Gasteiger partial charge in [0.25, 0.3) is 11.8 Å². The zero-order valence-corrected chi connectivity index (χ0v) is 18.8. The first-order chi connectivity index (χ1) is 15.9. The van der Waals surface area contributed by atoms with Crippen molar-refractivity contribution in [1.29, 1.82) is 0 Å². The predicted molar refractivity (Wildman–Crippen MR) is 128 cm³/mol. The van der Waals surface area contributed by atoms with Crippen LogP contribution in [-0.4, -0.2) is 18.4 Å². The molecule has 0 radical (unpaired) electrons. The van der Waals surface area contributed by atoms with E-state index in [1.807, 2.05) is 39.0 Å². The van der Waals surface area contributed by atoms with E-state index in [1.165, 1.54) is 18.2 Å². The van der Waals surface area contributed by atoms with E-state index in [9.17, 15) is 14.0 Å². The van der Waals surface area contributed by atoms with Crippen LogP contribution in [0.1, 0.15) is 30.0 Å². The number of anilines is 2. The van der Waals surface area contributed by atoms with Crippen LogP contribution in [0, 0.1) is 19.7 Å². The van der Waals surface area contributed by atoms with Crippen molar-refractivity contribution >= 4 is 28.8 Å². The molecule has 2 amide bonds. The molecule has 168 valence electrons. The highest BCUT2D eigenvalue weighted by molar-refractivity contribution is 6.46. The van der Waals surface area contributed by atoms with Crippen molar-refractivity contribution in [1.82, 2.24) is 0 Å². The fourth-order valence-electron chi connectivity index (χ4n) is 3.71. The summed E-state index contributed by atoms with van der Waals surface area (Å²) in [4.78, 5) is 27.8. The summed E-state index contributed by atoms with van der Waals surface area (Å²) in [5.41, 5.74) is 3.40. The van der Waals surface area contributed by atoms with Crippen molar-refractivity contribution in [2.75, 3.05) is 16.8 Å². The third kappa shape index (κ3) is 4.37. The molecule has 1 N–H and O–H groups in total. The van der Waals surface area contributed by atoms with Crippen LogP contribution in [-0.2, 0) is 9.59 Å². The minimum absolute atomic E-state index is 0.0781. The van der Waals surface area contributed by atoms with E-state index in [2.05, 4.69) is 5.32 Å². The van der Waals surface area contributed by atoms with E-state index >= 15 is 0 Å². The van der Waals surface area contributed by atoms with Gasteiger partial charge in [0.2, 0.25) is 0 Å². The molecule has 1 heterocycles. The Morgan fingerprint density at radius 3 is 2.36 bits per heavy atom. The number of aryl methyl sites for hydroxylation is 2. The summed E-state index contributed by atoms with van der Waals surface area (Å²) < 4.78 is 20.2.